The number of nitrogens with one attached hydrogen (secondary N) is 1. The first kappa shape index (κ1) is 13.6. The van der Waals surface area contributed by atoms with Crippen LogP contribution in [-0.2, 0) is 4.79 Å². The maximum Gasteiger partial charge on any atom is 0.237 e. The van der Waals surface area contributed by atoms with Crippen LogP contribution in [0.5, 0.6) is 0 Å². The van der Waals surface area contributed by atoms with E-state index in [9.17, 15) is 13.6 Å². The first-order valence-electron chi connectivity index (χ1n) is 5.46. The van der Waals surface area contributed by atoms with E-state index < -0.39 is 23.7 Å². The Morgan fingerprint density at radius 1 is 1.47 bits per heavy atom. The molecule has 94 valence electrons. The second-order valence-electron chi connectivity index (χ2n) is 3.91. The average Bonchev–Trinajstić information content (AvgIpc) is 2.27. The fraction of sp³-hybridized carbons (Fsp3) is 0.417. The van der Waals surface area contributed by atoms with E-state index in [4.69, 9.17) is 5.73 Å². The van der Waals surface area contributed by atoms with Crippen LogP contribution in [0.25, 0.3) is 0 Å². The predicted octanol–water partition coefficient (Wildman–Crippen LogP) is 1.88. The van der Waals surface area contributed by atoms with Gasteiger partial charge >= 0.3 is 0 Å². The van der Waals surface area contributed by atoms with Crippen molar-refractivity contribution in [1.29, 1.82) is 0 Å². The van der Waals surface area contributed by atoms with Crippen molar-refractivity contribution < 1.29 is 13.6 Å². The van der Waals surface area contributed by atoms with Gasteiger partial charge in [-0.2, -0.15) is 0 Å². The van der Waals surface area contributed by atoms with Crippen LogP contribution in [0, 0.1) is 11.6 Å². The Hall–Kier alpha value is -1.49. The molecule has 0 heterocycles. The van der Waals surface area contributed by atoms with E-state index >= 15 is 0 Å². The molecule has 5 heteroatoms. The van der Waals surface area contributed by atoms with E-state index in [0.29, 0.717) is 6.42 Å². The van der Waals surface area contributed by atoms with Gasteiger partial charge in [-0.25, -0.2) is 8.78 Å². The first-order valence-corrected chi connectivity index (χ1v) is 5.46. The van der Waals surface area contributed by atoms with E-state index in [1.54, 1.807) is 13.8 Å². The Bertz CT molecular complexity index is 409. The molecule has 0 radical (unpaired) electrons. The van der Waals surface area contributed by atoms with E-state index in [-0.39, 0.29) is 11.5 Å². The molecule has 0 saturated heterocycles. The highest BCUT2D eigenvalue weighted by atomic mass is 19.1. The summed E-state index contributed by atoms with van der Waals surface area (Å²) in [5.41, 5.74) is 5.78. The molecule has 0 aliphatic heterocycles. The molecule has 17 heavy (non-hydrogen) atoms. The fourth-order valence-electron chi connectivity index (χ4n) is 1.44. The fourth-order valence-corrected chi connectivity index (χ4v) is 1.44. The lowest BCUT2D eigenvalue weighted by molar-refractivity contribution is -0.123. The van der Waals surface area contributed by atoms with Crippen molar-refractivity contribution in [2.75, 3.05) is 0 Å². The molecule has 2 atom stereocenters. The van der Waals surface area contributed by atoms with Crippen LogP contribution < -0.4 is 11.1 Å². The summed E-state index contributed by atoms with van der Waals surface area (Å²) in [7, 11) is 0. The van der Waals surface area contributed by atoms with Crippen LogP contribution in [-0.4, -0.2) is 11.9 Å². The van der Waals surface area contributed by atoms with E-state index in [0.717, 1.165) is 12.1 Å². The van der Waals surface area contributed by atoms with Gasteiger partial charge in [-0.15, -0.1) is 0 Å². The molecule has 0 aliphatic rings. The van der Waals surface area contributed by atoms with Gasteiger partial charge in [-0.1, -0.05) is 13.0 Å². The summed E-state index contributed by atoms with van der Waals surface area (Å²) >= 11 is 0. The number of nitrogens with two attached hydrogens (primary N) is 1. The first-order chi connectivity index (χ1) is 7.95. The van der Waals surface area contributed by atoms with Gasteiger partial charge in [0.2, 0.25) is 5.91 Å². The zero-order valence-corrected chi connectivity index (χ0v) is 9.84. The Morgan fingerprint density at radius 3 is 2.65 bits per heavy atom. The molecule has 0 aromatic heterocycles. The molecule has 0 spiro atoms. The van der Waals surface area contributed by atoms with Gasteiger partial charge in [0.05, 0.1) is 12.1 Å². The van der Waals surface area contributed by atoms with Gasteiger partial charge in [0.1, 0.15) is 11.6 Å². The van der Waals surface area contributed by atoms with Crippen LogP contribution >= 0.6 is 0 Å². The molecule has 0 fully saturated rings. The molecule has 3 nitrogen and oxygen atoms in total. The summed E-state index contributed by atoms with van der Waals surface area (Å²) < 4.78 is 26.1. The van der Waals surface area contributed by atoms with Crippen molar-refractivity contribution >= 4 is 5.91 Å². The summed E-state index contributed by atoms with van der Waals surface area (Å²) in [5.74, 6) is -1.67. The number of hydrogen-bond acceptors (Lipinski definition) is 2. The Labute approximate surface area is 99.0 Å². The van der Waals surface area contributed by atoms with Crippen molar-refractivity contribution in [3.8, 4) is 0 Å². The number of rotatable bonds is 4. The maximum absolute atomic E-state index is 13.4. The molecular formula is C12H16F2N2O. The van der Waals surface area contributed by atoms with Crippen molar-refractivity contribution in [3.05, 3.63) is 35.4 Å². The molecule has 1 amide bonds. The maximum atomic E-state index is 13.4. The monoisotopic (exact) mass is 242 g/mol. The van der Waals surface area contributed by atoms with Gasteiger partial charge in [0, 0.05) is 11.6 Å². The van der Waals surface area contributed by atoms with Crippen molar-refractivity contribution in [3.63, 3.8) is 0 Å². The largest absolute Gasteiger partial charge is 0.348 e. The molecule has 3 N–H and O–H groups in total. The van der Waals surface area contributed by atoms with Crippen molar-refractivity contribution in [2.24, 2.45) is 5.73 Å². The third-order valence-corrected chi connectivity index (χ3v) is 2.56. The van der Waals surface area contributed by atoms with Crippen LogP contribution in [0.15, 0.2) is 18.2 Å². The lowest BCUT2D eigenvalue weighted by Crippen LogP contribution is -2.41. The van der Waals surface area contributed by atoms with Crippen LogP contribution in [0.3, 0.4) is 0 Å². The average molecular weight is 242 g/mol. The topological polar surface area (TPSA) is 55.1 Å². The van der Waals surface area contributed by atoms with Crippen molar-refractivity contribution in [2.45, 2.75) is 32.4 Å². The van der Waals surface area contributed by atoms with Crippen molar-refractivity contribution in [1.82, 2.24) is 5.32 Å². The normalized spacial score (nSPS) is 14.2. The number of benzene rings is 1. The zero-order chi connectivity index (χ0) is 13.0. The molecule has 1 rings (SSSR count). The summed E-state index contributed by atoms with van der Waals surface area (Å²) in [4.78, 5) is 11.5. The van der Waals surface area contributed by atoms with Crippen LogP contribution in [0.1, 0.15) is 31.9 Å². The van der Waals surface area contributed by atoms with Crippen LogP contribution in [0.4, 0.5) is 8.78 Å². The lowest BCUT2D eigenvalue weighted by atomic mass is 10.1. The van der Waals surface area contributed by atoms with Gasteiger partial charge in [-0.3, -0.25) is 4.79 Å². The molecule has 0 saturated carbocycles. The minimum Gasteiger partial charge on any atom is -0.348 e. The van der Waals surface area contributed by atoms with E-state index in [2.05, 4.69) is 5.32 Å². The minimum atomic E-state index is -0.678. The Kier molecular flexibility index (Phi) is 4.57. The second-order valence-corrected chi connectivity index (χ2v) is 3.91. The summed E-state index contributed by atoms with van der Waals surface area (Å²) in [5, 5.41) is 2.58. The molecule has 0 unspecified atom stereocenters. The highest BCUT2D eigenvalue weighted by molar-refractivity contribution is 5.81. The smallest absolute Gasteiger partial charge is 0.237 e. The van der Waals surface area contributed by atoms with Gasteiger partial charge < -0.3 is 11.1 Å². The van der Waals surface area contributed by atoms with E-state index in [1.165, 1.54) is 6.07 Å². The SMILES string of the molecule is CC[C@H](N)C(=O)N[C@H](C)c1ccc(F)cc1F. The van der Waals surface area contributed by atoms with Crippen LogP contribution in [0.2, 0.25) is 0 Å². The lowest BCUT2D eigenvalue weighted by Gasteiger charge is -2.17. The van der Waals surface area contributed by atoms with Gasteiger partial charge in [0.25, 0.3) is 0 Å². The highest BCUT2D eigenvalue weighted by Gasteiger charge is 2.17. The summed E-state index contributed by atoms with van der Waals surface area (Å²) in [6.07, 6.45) is 0.504. The third kappa shape index (κ3) is 3.49. The number of carbonyl (C=O) groups is 1. The number of hydrogen-bond donors (Lipinski definition) is 2. The standard InChI is InChI=1S/C12H16F2N2O/c1-3-11(15)12(17)16-7(2)9-5-4-8(13)6-10(9)14/h4-7,11H,3,15H2,1-2H3,(H,16,17)/t7-,11+/m1/s1. The highest BCUT2D eigenvalue weighted by Crippen LogP contribution is 2.17. The van der Waals surface area contributed by atoms with E-state index in [1.807, 2.05) is 0 Å². The molecule has 1 aromatic rings. The van der Waals surface area contributed by atoms with Gasteiger partial charge in [0.15, 0.2) is 0 Å². The van der Waals surface area contributed by atoms with Gasteiger partial charge in [-0.05, 0) is 19.4 Å². The quantitative estimate of drug-likeness (QED) is 0.847. The Morgan fingerprint density at radius 2 is 2.12 bits per heavy atom. The number of carbonyl (C=O) groups excluding carboxylic acids is 1. The summed E-state index contributed by atoms with van der Waals surface area (Å²) in [6.45, 7) is 3.41. The third-order valence-electron chi connectivity index (χ3n) is 2.56. The summed E-state index contributed by atoms with van der Waals surface area (Å²) in [6, 6.07) is 2.10. The number of amides is 1. The molecule has 0 bridgehead atoms. The molecular weight excluding hydrogens is 226 g/mol. The Balaban J connectivity index is 2.76. The molecule has 1 aromatic carbocycles. The second kappa shape index (κ2) is 5.72. The molecule has 0 aliphatic carbocycles. The minimum absolute atomic E-state index is 0.239. The predicted molar refractivity (Wildman–Crippen MR) is 61.2 cm³/mol. The number of halogens is 2. The zero-order valence-electron chi connectivity index (χ0n) is 9.84.